The Balaban J connectivity index is 2.93. The topological polar surface area (TPSA) is 18.5 Å². The van der Waals surface area contributed by atoms with Gasteiger partial charge in [-0.15, -0.1) is 0 Å². The Morgan fingerprint density at radius 2 is 1.07 bits per heavy atom. The highest BCUT2D eigenvalue weighted by Crippen LogP contribution is 2.00. The summed E-state index contributed by atoms with van der Waals surface area (Å²) in [6.07, 6.45) is 3.35. The first-order chi connectivity index (χ1) is 7.13. The molecule has 92 valence electrons. The van der Waals surface area contributed by atoms with Crippen molar-refractivity contribution in [3.8, 4) is 0 Å². The molecule has 15 heavy (non-hydrogen) atoms. The molecule has 0 atom stereocenters. The van der Waals surface area contributed by atoms with Crippen molar-refractivity contribution in [3.63, 3.8) is 0 Å². The lowest BCUT2D eigenvalue weighted by Crippen LogP contribution is -2.05. The van der Waals surface area contributed by atoms with E-state index in [0.29, 0.717) is 0 Å². The Morgan fingerprint density at radius 1 is 0.667 bits per heavy atom. The van der Waals surface area contributed by atoms with Gasteiger partial charge in [-0.05, 0) is 31.1 Å². The van der Waals surface area contributed by atoms with E-state index in [1.807, 2.05) is 0 Å². The van der Waals surface area contributed by atoms with Crippen LogP contribution < -0.4 is 0 Å². The molecule has 0 amide bonds. The molecule has 0 heterocycles. The Labute approximate surface area is 95.3 Å². The van der Waals surface area contributed by atoms with Gasteiger partial charge < -0.3 is 9.47 Å². The van der Waals surface area contributed by atoms with Crippen LogP contribution in [0, 0.1) is 11.8 Å². The van der Waals surface area contributed by atoms with E-state index < -0.39 is 0 Å². The van der Waals surface area contributed by atoms with Crippen molar-refractivity contribution in [2.75, 3.05) is 26.4 Å². The Bertz CT molecular complexity index is 108. The molecule has 0 aromatic heterocycles. The molecule has 0 unspecified atom stereocenters. The van der Waals surface area contributed by atoms with Crippen LogP contribution in [0.1, 0.15) is 47.0 Å². The zero-order chi connectivity index (χ0) is 11.5. The molecule has 0 rings (SSSR count). The van der Waals surface area contributed by atoms with Crippen molar-refractivity contribution in [1.82, 2.24) is 0 Å². The summed E-state index contributed by atoms with van der Waals surface area (Å²) in [5, 5.41) is 0. The summed E-state index contributed by atoms with van der Waals surface area (Å²) in [5.74, 6) is 1.49. The summed E-state index contributed by atoms with van der Waals surface area (Å²) in [4.78, 5) is 0. The molecule has 0 bridgehead atoms. The third-order valence-electron chi connectivity index (χ3n) is 2.26. The largest absolute Gasteiger partial charge is 0.381 e. The van der Waals surface area contributed by atoms with Crippen LogP contribution in [0.15, 0.2) is 0 Å². The Kier molecular flexibility index (Phi) is 10.4. The summed E-state index contributed by atoms with van der Waals surface area (Å²) < 4.78 is 11.0. The van der Waals surface area contributed by atoms with Crippen LogP contribution in [-0.4, -0.2) is 26.4 Å². The maximum Gasteiger partial charge on any atom is 0.0487 e. The van der Waals surface area contributed by atoms with Gasteiger partial charge in [0, 0.05) is 26.4 Å². The first-order valence-electron chi connectivity index (χ1n) is 6.28. The third-order valence-corrected chi connectivity index (χ3v) is 2.26. The summed E-state index contributed by atoms with van der Waals surface area (Å²) in [6.45, 7) is 12.4. The van der Waals surface area contributed by atoms with Crippen molar-refractivity contribution in [1.29, 1.82) is 0 Å². The fraction of sp³-hybridized carbons (Fsp3) is 1.00. The Morgan fingerprint density at radius 3 is 1.40 bits per heavy atom. The maximum atomic E-state index is 5.49. The van der Waals surface area contributed by atoms with Crippen molar-refractivity contribution in [2.45, 2.75) is 47.0 Å². The van der Waals surface area contributed by atoms with E-state index in [9.17, 15) is 0 Å². The van der Waals surface area contributed by atoms with Gasteiger partial charge >= 0.3 is 0 Å². The molecular formula is C13H28O2. The van der Waals surface area contributed by atoms with Crippen LogP contribution in [0.3, 0.4) is 0 Å². The highest BCUT2D eigenvalue weighted by atomic mass is 16.5. The van der Waals surface area contributed by atoms with Crippen LogP contribution in [0.25, 0.3) is 0 Å². The minimum Gasteiger partial charge on any atom is -0.381 e. The van der Waals surface area contributed by atoms with Crippen molar-refractivity contribution < 1.29 is 9.47 Å². The second kappa shape index (κ2) is 10.4. The molecule has 0 aromatic rings. The molecule has 0 aliphatic heterocycles. The van der Waals surface area contributed by atoms with E-state index in [2.05, 4.69) is 27.7 Å². The van der Waals surface area contributed by atoms with Crippen molar-refractivity contribution in [2.24, 2.45) is 11.8 Å². The summed E-state index contributed by atoms with van der Waals surface area (Å²) in [5.41, 5.74) is 0. The highest BCUT2D eigenvalue weighted by molar-refractivity contribution is 4.44. The fourth-order valence-corrected chi connectivity index (χ4v) is 1.11. The van der Waals surface area contributed by atoms with E-state index in [-0.39, 0.29) is 0 Å². The molecule has 0 aliphatic carbocycles. The number of hydrogen-bond acceptors (Lipinski definition) is 2. The first kappa shape index (κ1) is 14.9. The minimum atomic E-state index is 0.743. The number of hydrogen-bond donors (Lipinski definition) is 0. The van der Waals surface area contributed by atoms with Gasteiger partial charge in [0.1, 0.15) is 0 Å². The van der Waals surface area contributed by atoms with Crippen LogP contribution in [-0.2, 0) is 9.47 Å². The van der Waals surface area contributed by atoms with Crippen molar-refractivity contribution >= 4 is 0 Å². The zero-order valence-corrected chi connectivity index (χ0v) is 10.9. The van der Waals surface area contributed by atoms with E-state index in [0.717, 1.165) is 57.5 Å². The predicted octanol–water partition coefficient (Wildman–Crippen LogP) is 3.50. The average molecular weight is 216 g/mol. The minimum absolute atomic E-state index is 0.743. The van der Waals surface area contributed by atoms with E-state index in [1.54, 1.807) is 0 Å². The molecule has 0 saturated carbocycles. The van der Waals surface area contributed by atoms with Gasteiger partial charge in [0.15, 0.2) is 0 Å². The number of ether oxygens (including phenoxy) is 2. The summed E-state index contributed by atoms with van der Waals surface area (Å²) >= 11 is 0. The fourth-order valence-electron chi connectivity index (χ4n) is 1.11. The van der Waals surface area contributed by atoms with Crippen LogP contribution >= 0.6 is 0 Å². The second-order valence-electron chi connectivity index (χ2n) is 4.94. The van der Waals surface area contributed by atoms with Gasteiger partial charge in [-0.3, -0.25) is 0 Å². The van der Waals surface area contributed by atoms with E-state index in [1.165, 1.54) is 0 Å². The molecule has 0 N–H and O–H groups in total. The highest BCUT2D eigenvalue weighted by Gasteiger charge is 1.95. The predicted molar refractivity (Wildman–Crippen MR) is 65.2 cm³/mol. The second-order valence-corrected chi connectivity index (χ2v) is 4.94. The van der Waals surface area contributed by atoms with Gasteiger partial charge in [0.25, 0.3) is 0 Å². The van der Waals surface area contributed by atoms with Crippen LogP contribution in [0.5, 0.6) is 0 Å². The van der Waals surface area contributed by atoms with Gasteiger partial charge in [0.2, 0.25) is 0 Å². The van der Waals surface area contributed by atoms with Gasteiger partial charge in [-0.1, -0.05) is 27.7 Å². The van der Waals surface area contributed by atoms with Crippen LogP contribution in [0.4, 0.5) is 0 Å². The van der Waals surface area contributed by atoms with Gasteiger partial charge in [0.05, 0.1) is 0 Å². The molecule has 2 heteroatoms. The molecule has 2 nitrogen and oxygen atoms in total. The third kappa shape index (κ3) is 13.9. The monoisotopic (exact) mass is 216 g/mol. The van der Waals surface area contributed by atoms with E-state index >= 15 is 0 Å². The lowest BCUT2D eigenvalue weighted by Gasteiger charge is -2.08. The molecule has 0 radical (unpaired) electrons. The Hall–Kier alpha value is -0.0800. The molecule has 0 fully saturated rings. The quantitative estimate of drug-likeness (QED) is 0.520. The molecule has 0 spiro atoms. The normalized spacial score (nSPS) is 11.6. The van der Waals surface area contributed by atoms with Gasteiger partial charge in [-0.25, -0.2) is 0 Å². The molecule has 0 aliphatic rings. The molecule has 0 aromatic carbocycles. The summed E-state index contributed by atoms with van der Waals surface area (Å²) in [6, 6.07) is 0. The number of rotatable bonds is 10. The first-order valence-corrected chi connectivity index (χ1v) is 6.28. The SMILES string of the molecule is CC(C)CCOCCCOCCC(C)C. The molecule has 0 saturated heterocycles. The summed E-state index contributed by atoms with van der Waals surface area (Å²) in [7, 11) is 0. The zero-order valence-electron chi connectivity index (χ0n) is 10.9. The van der Waals surface area contributed by atoms with Crippen molar-refractivity contribution in [3.05, 3.63) is 0 Å². The lowest BCUT2D eigenvalue weighted by atomic mass is 10.1. The van der Waals surface area contributed by atoms with E-state index in [4.69, 9.17) is 9.47 Å². The smallest absolute Gasteiger partial charge is 0.0487 e. The molecular weight excluding hydrogens is 188 g/mol. The van der Waals surface area contributed by atoms with Gasteiger partial charge in [-0.2, -0.15) is 0 Å². The average Bonchev–Trinajstić information content (AvgIpc) is 2.14. The maximum absolute atomic E-state index is 5.49. The lowest BCUT2D eigenvalue weighted by molar-refractivity contribution is 0.0747. The standard InChI is InChI=1S/C13H28O2/c1-12(2)6-10-14-8-5-9-15-11-7-13(3)4/h12-13H,5-11H2,1-4H3. The van der Waals surface area contributed by atoms with Crippen LogP contribution in [0.2, 0.25) is 0 Å².